The Morgan fingerprint density at radius 1 is 1.11 bits per heavy atom. The molecular formula is C13H17N5. The Morgan fingerprint density at radius 3 is 2.61 bits per heavy atom. The maximum Gasteiger partial charge on any atom is 0.243 e. The Morgan fingerprint density at radius 2 is 1.83 bits per heavy atom. The highest BCUT2D eigenvalue weighted by Crippen LogP contribution is 2.14. The summed E-state index contributed by atoms with van der Waals surface area (Å²) in [6.45, 7) is 2.25. The number of fused-ring (bicyclic) bond motifs is 1. The van der Waals surface area contributed by atoms with E-state index in [1.165, 1.54) is 0 Å². The van der Waals surface area contributed by atoms with Gasteiger partial charge in [0.2, 0.25) is 5.95 Å². The van der Waals surface area contributed by atoms with E-state index in [0.717, 1.165) is 37.0 Å². The van der Waals surface area contributed by atoms with Crippen molar-refractivity contribution in [3.05, 3.63) is 24.3 Å². The third kappa shape index (κ3) is 2.41. The molecule has 1 aromatic heterocycles. The summed E-state index contributed by atoms with van der Waals surface area (Å²) in [6.07, 6.45) is 2.26. The van der Waals surface area contributed by atoms with Gasteiger partial charge >= 0.3 is 0 Å². The Bertz CT molecular complexity index is 534. The van der Waals surface area contributed by atoms with Gasteiger partial charge in [0.1, 0.15) is 5.52 Å². The summed E-state index contributed by atoms with van der Waals surface area (Å²) in [5, 5.41) is 11.7. The second-order valence-electron chi connectivity index (χ2n) is 4.85. The van der Waals surface area contributed by atoms with Crippen LogP contribution in [0, 0.1) is 0 Å². The van der Waals surface area contributed by atoms with E-state index in [-0.39, 0.29) is 0 Å². The van der Waals surface area contributed by atoms with Crippen molar-refractivity contribution >= 4 is 17.0 Å². The highest BCUT2D eigenvalue weighted by molar-refractivity contribution is 5.74. The second-order valence-corrected chi connectivity index (χ2v) is 4.85. The molecule has 0 radical (unpaired) electrons. The maximum atomic E-state index is 4.49. The molecule has 1 aliphatic heterocycles. The summed E-state index contributed by atoms with van der Waals surface area (Å²) in [4.78, 5) is 6.83. The molecule has 0 atom stereocenters. The highest BCUT2D eigenvalue weighted by Gasteiger charge is 2.17. The average Bonchev–Trinajstić information content (AvgIpc) is 2.41. The van der Waals surface area contributed by atoms with Crippen LogP contribution in [0.15, 0.2) is 24.3 Å². The van der Waals surface area contributed by atoms with Gasteiger partial charge in [-0.1, -0.05) is 12.1 Å². The van der Waals surface area contributed by atoms with E-state index >= 15 is 0 Å². The molecule has 0 amide bonds. The van der Waals surface area contributed by atoms with E-state index in [9.17, 15) is 0 Å². The minimum absolute atomic E-state index is 0.462. The summed E-state index contributed by atoms with van der Waals surface area (Å²) >= 11 is 0. The third-order valence-electron chi connectivity index (χ3n) is 3.41. The quantitative estimate of drug-likeness (QED) is 0.867. The maximum absolute atomic E-state index is 4.49. The van der Waals surface area contributed by atoms with Crippen LogP contribution in [0.3, 0.4) is 0 Å². The first-order valence-corrected chi connectivity index (χ1v) is 6.36. The number of aromatic nitrogens is 3. The number of likely N-dealkylation sites (tertiary alicyclic amines) is 1. The van der Waals surface area contributed by atoms with Gasteiger partial charge in [-0.15, -0.1) is 10.2 Å². The van der Waals surface area contributed by atoms with Crippen LogP contribution >= 0.6 is 0 Å². The van der Waals surface area contributed by atoms with Gasteiger partial charge in [-0.2, -0.15) is 0 Å². The Labute approximate surface area is 106 Å². The predicted octanol–water partition coefficient (Wildman–Crippen LogP) is 1.53. The lowest BCUT2D eigenvalue weighted by Crippen LogP contribution is -2.37. The van der Waals surface area contributed by atoms with E-state index < -0.39 is 0 Å². The van der Waals surface area contributed by atoms with Crippen LogP contribution in [0.5, 0.6) is 0 Å². The van der Waals surface area contributed by atoms with E-state index in [1.54, 1.807) is 0 Å². The molecule has 1 aromatic carbocycles. The fourth-order valence-corrected chi connectivity index (χ4v) is 2.28. The first-order valence-electron chi connectivity index (χ1n) is 6.36. The van der Waals surface area contributed by atoms with Crippen molar-refractivity contribution in [1.82, 2.24) is 20.1 Å². The number of benzene rings is 1. The fraction of sp³-hybridized carbons (Fsp3) is 0.462. The van der Waals surface area contributed by atoms with Gasteiger partial charge in [-0.3, -0.25) is 0 Å². The fourth-order valence-electron chi connectivity index (χ4n) is 2.28. The summed E-state index contributed by atoms with van der Waals surface area (Å²) in [5.41, 5.74) is 1.73. The van der Waals surface area contributed by atoms with E-state index in [2.05, 4.69) is 32.4 Å². The van der Waals surface area contributed by atoms with Crippen LogP contribution in [0.2, 0.25) is 0 Å². The van der Waals surface area contributed by atoms with Crippen LogP contribution in [-0.2, 0) is 0 Å². The lowest BCUT2D eigenvalue weighted by Gasteiger charge is -2.29. The predicted molar refractivity (Wildman–Crippen MR) is 71.5 cm³/mol. The minimum atomic E-state index is 0.462. The highest BCUT2D eigenvalue weighted by atomic mass is 15.2. The molecule has 0 bridgehead atoms. The van der Waals surface area contributed by atoms with E-state index in [1.807, 2.05) is 24.3 Å². The van der Waals surface area contributed by atoms with Gasteiger partial charge in [-0.25, -0.2) is 4.98 Å². The molecular weight excluding hydrogens is 226 g/mol. The van der Waals surface area contributed by atoms with Gasteiger partial charge in [-0.05, 0) is 45.1 Å². The number of rotatable bonds is 2. The topological polar surface area (TPSA) is 53.9 Å². The zero-order chi connectivity index (χ0) is 12.4. The molecule has 0 spiro atoms. The zero-order valence-electron chi connectivity index (χ0n) is 10.5. The number of nitrogens with zero attached hydrogens (tertiary/aromatic N) is 4. The summed E-state index contributed by atoms with van der Waals surface area (Å²) in [5.74, 6) is 0.642. The molecule has 0 saturated carbocycles. The zero-order valence-corrected chi connectivity index (χ0v) is 10.5. The van der Waals surface area contributed by atoms with Crippen molar-refractivity contribution < 1.29 is 0 Å². The van der Waals surface area contributed by atoms with Gasteiger partial charge in [0, 0.05) is 6.04 Å². The number of hydrogen-bond donors (Lipinski definition) is 1. The van der Waals surface area contributed by atoms with Crippen molar-refractivity contribution in [2.24, 2.45) is 0 Å². The number of anilines is 1. The molecule has 1 N–H and O–H groups in total. The SMILES string of the molecule is CN1CCC(Nc2nnc3ccccc3n2)CC1. The van der Waals surface area contributed by atoms with Gasteiger partial charge in [0.05, 0.1) is 5.52 Å². The lowest BCUT2D eigenvalue weighted by molar-refractivity contribution is 0.263. The third-order valence-corrected chi connectivity index (χ3v) is 3.41. The van der Waals surface area contributed by atoms with E-state index in [4.69, 9.17) is 0 Å². The number of para-hydroxylation sites is 1. The van der Waals surface area contributed by atoms with Gasteiger partial charge in [0.25, 0.3) is 0 Å². The smallest absolute Gasteiger partial charge is 0.243 e. The van der Waals surface area contributed by atoms with Crippen molar-refractivity contribution in [1.29, 1.82) is 0 Å². The van der Waals surface area contributed by atoms with Gasteiger partial charge < -0.3 is 10.2 Å². The largest absolute Gasteiger partial charge is 0.350 e. The summed E-state index contributed by atoms with van der Waals surface area (Å²) < 4.78 is 0. The molecule has 5 heteroatoms. The number of piperidine rings is 1. The number of hydrogen-bond acceptors (Lipinski definition) is 5. The van der Waals surface area contributed by atoms with Crippen LogP contribution in [0.25, 0.3) is 11.0 Å². The molecule has 1 fully saturated rings. The molecule has 18 heavy (non-hydrogen) atoms. The normalized spacial score (nSPS) is 18.1. The Balaban J connectivity index is 1.74. The Hall–Kier alpha value is -1.75. The first kappa shape index (κ1) is 11.3. The molecule has 3 rings (SSSR count). The second kappa shape index (κ2) is 4.86. The first-order chi connectivity index (χ1) is 8.81. The molecule has 0 aliphatic carbocycles. The summed E-state index contributed by atoms with van der Waals surface area (Å²) in [6, 6.07) is 8.27. The van der Waals surface area contributed by atoms with Crippen molar-refractivity contribution in [3.8, 4) is 0 Å². The summed E-state index contributed by atoms with van der Waals surface area (Å²) in [7, 11) is 2.16. The molecule has 1 aliphatic rings. The molecule has 2 aromatic rings. The van der Waals surface area contributed by atoms with E-state index in [0.29, 0.717) is 12.0 Å². The van der Waals surface area contributed by atoms with Gasteiger partial charge in [0.15, 0.2) is 0 Å². The lowest BCUT2D eigenvalue weighted by atomic mass is 10.1. The molecule has 1 saturated heterocycles. The van der Waals surface area contributed by atoms with Crippen molar-refractivity contribution in [2.45, 2.75) is 18.9 Å². The molecule has 94 valence electrons. The van der Waals surface area contributed by atoms with Crippen LogP contribution in [0.4, 0.5) is 5.95 Å². The number of nitrogens with one attached hydrogen (secondary N) is 1. The Kier molecular flexibility index (Phi) is 3.06. The molecule has 0 unspecified atom stereocenters. The monoisotopic (exact) mass is 243 g/mol. The molecule has 5 nitrogen and oxygen atoms in total. The average molecular weight is 243 g/mol. The molecule has 2 heterocycles. The van der Waals surface area contributed by atoms with Crippen LogP contribution < -0.4 is 5.32 Å². The standard InChI is InChI=1S/C13H17N5/c1-18-8-6-10(7-9-18)14-13-15-11-4-2-3-5-12(11)16-17-13/h2-5,10H,6-9H2,1H3,(H,14,15,17). The van der Waals surface area contributed by atoms with Crippen molar-refractivity contribution in [3.63, 3.8) is 0 Å². The minimum Gasteiger partial charge on any atom is -0.350 e. The van der Waals surface area contributed by atoms with Crippen LogP contribution in [0.1, 0.15) is 12.8 Å². The van der Waals surface area contributed by atoms with Crippen LogP contribution in [-0.4, -0.2) is 46.3 Å². The van der Waals surface area contributed by atoms with Crippen molar-refractivity contribution in [2.75, 3.05) is 25.5 Å².